The van der Waals surface area contributed by atoms with Gasteiger partial charge in [0, 0.05) is 0 Å². The number of rotatable bonds is 8. The second-order valence-electron chi connectivity index (χ2n) is 13.4. The molecule has 0 unspecified atom stereocenters. The molecule has 3 nitrogen and oxygen atoms in total. The van der Waals surface area contributed by atoms with Gasteiger partial charge in [-0.1, -0.05) is 0 Å². The van der Waals surface area contributed by atoms with E-state index >= 15 is 0 Å². The second kappa shape index (κ2) is 14.7. The van der Waals surface area contributed by atoms with Crippen LogP contribution in [0.1, 0.15) is 5.56 Å². The first-order valence-electron chi connectivity index (χ1n) is 18.1. The van der Waals surface area contributed by atoms with Gasteiger partial charge >= 0.3 is 323 Å². The number of fused-ring (bicyclic) bond motifs is 1. The van der Waals surface area contributed by atoms with Crippen molar-refractivity contribution in [3.05, 3.63) is 210 Å². The molecule has 7 aromatic carbocycles. The summed E-state index contributed by atoms with van der Waals surface area (Å²) >= 11 is 2.47. The zero-order valence-corrected chi connectivity index (χ0v) is 31.9. The molecule has 0 aliphatic rings. The summed E-state index contributed by atoms with van der Waals surface area (Å²) < 4.78 is 5.73. The quantitative estimate of drug-likeness (QED) is 0.110. The molecule has 0 saturated heterocycles. The third kappa shape index (κ3) is 6.33. The molecule has 0 aliphatic heterocycles. The van der Waals surface area contributed by atoms with Crippen molar-refractivity contribution in [1.82, 2.24) is 14.1 Å². The van der Waals surface area contributed by atoms with Crippen LogP contribution < -0.4 is 16.4 Å². The number of nitrogens with zero attached hydrogens (tertiary/aromatic N) is 3. The molecule has 0 aliphatic carbocycles. The second-order valence-corrected chi connectivity index (χ2v) is 14.4. The molecule has 0 fully saturated rings. The molecule has 0 radical (unpaired) electrons. The Labute approximate surface area is 327 Å². The Morgan fingerprint density at radius 1 is 0.519 bits per heavy atom. The fraction of sp³-hybridized carbons (Fsp3) is 0.0204. The Kier molecular flexibility index (Phi) is 9.21. The molecule has 54 heavy (non-hydrogen) atoms. The molecular weight excluding hydrogens is 836 g/mol. The van der Waals surface area contributed by atoms with E-state index in [-0.39, 0.29) is 6.71 Å². The van der Waals surface area contributed by atoms with Crippen LogP contribution in [-0.2, 0) is 19.4 Å². The van der Waals surface area contributed by atoms with Gasteiger partial charge in [0.05, 0.1) is 0 Å². The normalized spacial score (nSPS) is 11.2. The SMILES string of the molecule is Cc1ccc(-n2[c](=[Pt])n(-c3[c-]c(B(c4[c-]c(-c5ccccn5)ccc4)c4c(-c5ccccc5)cccc4-c4ccccc4)ccc3)c3ccccc32)cc1. The molecule has 0 atom stereocenters. The van der Waals surface area contributed by atoms with E-state index in [4.69, 9.17) is 4.98 Å². The van der Waals surface area contributed by atoms with E-state index in [2.05, 4.69) is 211 Å². The first-order chi connectivity index (χ1) is 26.6. The van der Waals surface area contributed by atoms with Crippen molar-refractivity contribution < 1.29 is 19.4 Å². The van der Waals surface area contributed by atoms with Crippen molar-refractivity contribution >= 4 is 34.1 Å². The van der Waals surface area contributed by atoms with Crippen LogP contribution in [0.3, 0.4) is 0 Å². The molecule has 9 rings (SSSR count). The maximum absolute atomic E-state index is 4.70. The number of imidazole rings is 1. The van der Waals surface area contributed by atoms with Gasteiger partial charge in [0.15, 0.2) is 0 Å². The average molecular weight is 871 g/mol. The summed E-state index contributed by atoms with van der Waals surface area (Å²) in [5.41, 5.74) is 15.4. The molecule has 2 heterocycles. The van der Waals surface area contributed by atoms with Crippen LogP contribution in [0.25, 0.3) is 55.9 Å². The molecule has 0 amide bonds. The molecule has 5 heteroatoms. The number of aryl methyl sites for hydroxylation is 1. The zero-order valence-electron chi connectivity index (χ0n) is 29.6. The Balaban J connectivity index is 1.32. The first-order valence-corrected chi connectivity index (χ1v) is 19.2. The summed E-state index contributed by atoms with van der Waals surface area (Å²) in [6, 6.07) is 72.4. The Bertz CT molecular complexity index is 2730. The molecule has 260 valence electrons. The standard InChI is InChI=1S/C49H34BN3.Pt/c1-36-28-30-42(31-29-36)52-35-53(48-27-9-8-26-47(48)52)43-22-13-21-41(34-43)50(40-20-12-19-39(33-40)46-25-10-11-32-51-46)49-44(37-15-4-2-5-16-37)23-14-24-45(49)38-17-6-3-7-18-38;/h2-32H,1H3;/q-2;. The third-order valence-corrected chi connectivity index (χ3v) is 11.0. The molecule has 0 saturated carbocycles. The van der Waals surface area contributed by atoms with Crippen LogP contribution >= 0.6 is 0 Å². The summed E-state index contributed by atoms with van der Waals surface area (Å²) in [4.78, 5) is 4.70. The topological polar surface area (TPSA) is 22.8 Å². The molecular formula is C49H34BN3Pt-2. The van der Waals surface area contributed by atoms with Gasteiger partial charge in [-0.25, -0.2) is 0 Å². The van der Waals surface area contributed by atoms with Crippen molar-refractivity contribution in [2.24, 2.45) is 0 Å². The van der Waals surface area contributed by atoms with Gasteiger partial charge in [0.1, 0.15) is 0 Å². The van der Waals surface area contributed by atoms with E-state index in [1.807, 2.05) is 24.4 Å². The first kappa shape index (κ1) is 33.7. The number of benzene rings is 7. The van der Waals surface area contributed by atoms with Crippen LogP contribution in [0, 0.1) is 22.9 Å². The van der Waals surface area contributed by atoms with Gasteiger partial charge < -0.3 is 0 Å². The van der Waals surface area contributed by atoms with Gasteiger partial charge in [0.2, 0.25) is 0 Å². The van der Waals surface area contributed by atoms with Gasteiger partial charge in [-0.05, 0) is 6.07 Å². The van der Waals surface area contributed by atoms with Gasteiger partial charge in [-0.3, -0.25) is 0 Å². The predicted molar refractivity (Wildman–Crippen MR) is 220 cm³/mol. The number of hydrogen-bond acceptors (Lipinski definition) is 1. The molecule has 0 spiro atoms. The van der Waals surface area contributed by atoms with E-state index in [1.165, 1.54) is 22.2 Å². The fourth-order valence-corrected chi connectivity index (χ4v) is 8.59. The van der Waals surface area contributed by atoms with E-state index in [0.717, 1.165) is 59.5 Å². The molecule has 9 aromatic rings. The minimum absolute atomic E-state index is 0.218. The van der Waals surface area contributed by atoms with Crippen molar-refractivity contribution in [3.8, 4) is 44.9 Å². The number of para-hydroxylation sites is 2. The minimum atomic E-state index is -0.218. The summed E-state index contributed by atoms with van der Waals surface area (Å²) in [5.74, 6) is 0. The van der Waals surface area contributed by atoms with Crippen LogP contribution in [0.4, 0.5) is 0 Å². The van der Waals surface area contributed by atoms with Crippen molar-refractivity contribution in [2.45, 2.75) is 6.92 Å². The van der Waals surface area contributed by atoms with Crippen molar-refractivity contribution in [3.63, 3.8) is 0 Å². The number of pyridine rings is 1. The number of hydrogen-bond donors (Lipinski definition) is 0. The van der Waals surface area contributed by atoms with Crippen molar-refractivity contribution in [2.75, 3.05) is 0 Å². The Morgan fingerprint density at radius 3 is 1.74 bits per heavy atom. The van der Waals surface area contributed by atoms with E-state index < -0.39 is 0 Å². The predicted octanol–water partition coefficient (Wildman–Crippen LogP) is 9.32. The van der Waals surface area contributed by atoms with E-state index in [9.17, 15) is 0 Å². The summed E-state index contributed by atoms with van der Waals surface area (Å²) in [6.07, 6.45) is 1.84. The third-order valence-electron chi connectivity index (χ3n) is 9.99. The van der Waals surface area contributed by atoms with Crippen LogP contribution in [0.5, 0.6) is 0 Å². The Morgan fingerprint density at radius 2 is 1.09 bits per heavy atom. The molecule has 2 aromatic heterocycles. The molecule has 0 N–H and O–H groups in total. The van der Waals surface area contributed by atoms with E-state index in [1.54, 1.807) is 0 Å². The van der Waals surface area contributed by atoms with Crippen molar-refractivity contribution in [1.29, 1.82) is 0 Å². The van der Waals surface area contributed by atoms with Crippen LogP contribution in [0.15, 0.2) is 188 Å². The fourth-order valence-electron chi connectivity index (χ4n) is 7.47. The Hall–Kier alpha value is -6.09. The van der Waals surface area contributed by atoms with Crippen LogP contribution in [-0.4, -0.2) is 20.8 Å². The summed E-state index contributed by atoms with van der Waals surface area (Å²) in [7, 11) is 0. The zero-order chi connectivity index (χ0) is 36.4. The van der Waals surface area contributed by atoms with E-state index in [0.29, 0.717) is 0 Å². The van der Waals surface area contributed by atoms with Gasteiger partial charge in [0.25, 0.3) is 0 Å². The summed E-state index contributed by atoms with van der Waals surface area (Å²) in [6.45, 7) is 1.91. The van der Waals surface area contributed by atoms with Gasteiger partial charge in [-0.15, -0.1) is 0 Å². The monoisotopic (exact) mass is 870 g/mol. The number of aromatic nitrogens is 3. The van der Waals surface area contributed by atoms with Gasteiger partial charge in [-0.2, -0.15) is 0 Å². The molecule has 0 bridgehead atoms. The van der Waals surface area contributed by atoms with Crippen LogP contribution in [0.2, 0.25) is 0 Å². The maximum atomic E-state index is 4.70. The average Bonchev–Trinajstić information content (AvgIpc) is 3.54. The summed E-state index contributed by atoms with van der Waals surface area (Å²) in [5, 5.41) is 0.